The number of hydrogen-bond donors (Lipinski definition) is 1. The Hall–Kier alpha value is -1.31. The molecule has 0 atom stereocenters. The van der Waals surface area contributed by atoms with Crippen LogP contribution in [0.4, 0.5) is 5.69 Å². The normalized spacial score (nSPS) is 16.6. The lowest BCUT2D eigenvalue weighted by Crippen LogP contribution is -2.42. The van der Waals surface area contributed by atoms with E-state index in [1.807, 2.05) is 13.8 Å². The quantitative estimate of drug-likeness (QED) is 0.812. The zero-order chi connectivity index (χ0) is 18.6. The van der Waals surface area contributed by atoms with Gasteiger partial charge in [-0.05, 0) is 37.8 Å². The smallest absolute Gasteiger partial charge is 0.227 e. The van der Waals surface area contributed by atoms with Crippen molar-refractivity contribution in [2.45, 2.75) is 33.1 Å². The highest BCUT2D eigenvalue weighted by Gasteiger charge is 2.30. The Kier molecular flexibility index (Phi) is 6.71. The number of aryl methyl sites for hydroxylation is 1. The lowest BCUT2D eigenvalue weighted by Gasteiger charge is -2.30. The van der Waals surface area contributed by atoms with Crippen molar-refractivity contribution in [3.63, 3.8) is 0 Å². The second-order valence-corrected chi connectivity index (χ2v) is 8.78. The molecule has 1 aliphatic rings. The first-order chi connectivity index (χ1) is 11.8. The summed E-state index contributed by atoms with van der Waals surface area (Å²) in [6, 6.07) is 3.45. The number of sulfonamides is 1. The minimum absolute atomic E-state index is 0.118. The fourth-order valence-corrected chi connectivity index (χ4v) is 4.64. The van der Waals surface area contributed by atoms with Gasteiger partial charge >= 0.3 is 0 Å². The van der Waals surface area contributed by atoms with Crippen LogP contribution in [0.5, 0.6) is 5.75 Å². The number of ether oxygens (including phenoxy) is 1. The highest BCUT2D eigenvalue weighted by Crippen LogP contribution is 2.32. The summed E-state index contributed by atoms with van der Waals surface area (Å²) in [4.78, 5) is 12.5. The Balaban J connectivity index is 2.01. The molecule has 1 heterocycles. The van der Waals surface area contributed by atoms with Crippen LogP contribution >= 0.6 is 11.6 Å². The molecule has 8 heteroatoms. The van der Waals surface area contributed by atoms with E-state index in [0.717, 1.165) is 5.56 Å². The molecule has 1 fully saturated rings. The minimum atomic E-state index is -3.20. The monoisotopic (exact) mass is 388 g/mol. The van der Waals surface area contributed by atoms with E-state index in [-0.39, 0.29) is 17.6 Å². The molecule has 0 unspecified atom stereocenters. The molecule has 1 amide bonds. The summed E-state index contributed by atoms with van der Waals surface area (Å²) in [6.07, 6.45) is 1.63. The third kappa shape index (κ3) is 4.86. The number of hydrogen-bond acceptors (Lipinski definition) is 4. The van der Waals surface area contributed by atoms with Crippen LogP contribution in [0.15, 0.2) is 12.1 Å². The lowest BCUT2D eigenvalue weighted by atomic mass is 9.97. The average molecular weight is 389 g/mol. The average Bonchev–Trinajstić information content (AvgIpc) is 2.58. The second kappa shape index (κ2) is 8.38. The van der Waals surface area contributed by atoms with Gasteiger partial charge in [-0.25, -0.2) is 12.7 Å². The van der Waals surface area contributed by atoms with Gasteiger partial charge in [0.1, 0.15) is 5.75 Å². The van der Waals surface area contributed by atoms with Crippen LogP contribution in [0.25, 0.3) is 0 Å². The van der Waals surface area contributed by atoms with Crippen molar-refractivity contribution in [2.75, 3.05) is 31.3 Å². The minimum Gasteiger partial charge on any atom is -0.495 e. The molecule has 0 saturated carbocycles. The number of carbonyl (C=O) groups excluding carboxylic acids is 1. The van der Waals surface area contributed by atoms with Gasteiger partial charge < -0.3 is 10.1 Å². The van der Waals surface area contributed by atoms with Crippen LogP contribution in [-0.4, -0.2) is 44.6 Å². The van der Waals surface area contributed by atoms with E-state index in [1.54, 1.807) is 12.1 Å². The predicted octanol–water partition coefficient (Wildman–Crippen LogP) is 3.05. The van der Waals surface area contributed by atoms with Gasteiger partial charge in [0.15, 0.2) is 0 Å². The van der Waals surface area contributed by atoms with E-state index in [0.29, 0.717) is 48.8 Å². The van der Waals surface area contributed by atoms with Gasteiger partial charge in [0.05, 0.1) is 18.6 Å². The van der Waals surface area contributed by atoms with Gasteiger partial charge in [0, 0.05) is 30.1 Å². The molecule has 1 N–H and O–H groups in total. The van der Waals surface area contributed by atoms with Crippen LogP contribution in [0.3, 0.4) is 0 Å². The third-order valence-corrected chi connectivity index (χ3v) is 6.90. The fourth-order valence-electron chi connectivity index (χ4n) is 2.95. The Labute approximate surface area is 154 Å². The summed E-state index contributed by atoms with van der Waals surface area (Å²) in [7, 11) is -1.67. The Bertz CT molecular complexity index is 728. The van der Waals surface area contributed by atoms with Crippen LogP contribution in [-0.2, 0) is 14.8 Å². The van der Waals surface area contributed by atoms with Crippen molar-refractivity contribution < 1.29 is 17.9 Å². The van der Waals surface area contributed by atoms with Crippen LogP contribution in [0, 0.1) is 12.8 Å². The molecule has 140 valence electrons. The molecule has 0 aromatic heterocycles. The maximum atomic E-state index is 12.5. The SMILES string of the molecule is CCCS(=O)(=O)N1CCC(C(=O)Nc2cc(C)c(Cl)cc2OC)CC1. The highest BCUT2D eigenvalue weighted by molar-refractivity contribution is 7.89. The molecule has 0 spiro atoms. The van der Waals surface area contributed by atoms with E-state index in [1.165, 1.54) is 11.4 Å². The highest BCUT2D eigenvalue weighted by atomic mass is 35.5. The van der Waals surface area contributed by atoms with Crippen molar-refractivity contribution in [3.8, 4) is 5.75 Å². The number of nitrogens with zero attached hydrogens (tertiary/aromatic N) is 1. The number of carbonyl (C=O) groups is 1. The van der Waals surface area contributed by atoms with E-state index >= 15 is 0 Å². The summed E-state index contributed by atoms with van der Waals surface area (Å²) in [5.74, 6) is 0.332. The van der Waals surface area contributed by atoms with Crippen molar-refractivity contribution >= 4 is 33.2 Å². The fraction of sp³-hybridized carbons (Fsp3) is 0.588. The summed E-state index contributed by atoms with van der Waals surface area (Å²) in [5.41, 5.74) is 1.42. The van der Waals surface area contributed by atoms with E-state index in [9.17, 15) is 13.2 Å². The number of nitrogens with one attached hydrogen (secondary N) is 1. The first kappa shape index (κ1) is 20.0. The van der Waals surface area contributed by atoms with Gasteiger partial charge in [-0.3, -0.25) is 4.79 Å². The molecule has 0 bridgehead atoms. The lowest BCUT2D eigenvalue weighted by molar-refractivity contribution is -0.120. The zero-order valence-electron chi connectivity index (χ0n) is 14.8. The summed E-state index contributed by atoms with van der Waals surface area (Å²) >= 11 is 6.08. The Morgan fingerprint density at radius 1 is 1.36 bits per heavy atom. The molecule has 1 saturated heterocycles. The Morgan fingerprint density at radius 2 is 2.00 bits per heavy atom. The van der Waals surface area contributed by atoms with Gasteiger partial charge in [-0.2, -0.15) is 0 Å². The van der Waals surface area contributed by atoms with Crippen molar-refractivity contribution in [2.24, 2.45) is 5.92 Å². The van der Waals surface area contributed by atoms with Crippen LogP contribution in [0.1, 0.15) is 31.7 Å². The van der Waals surface area contributed by atoms with Crippen molar-refractivity contribution in [3.05, 3.63) is 22.7 Å². The summed E-state index contributed by atoms with van der Waals surface area (Å²) in [6.45, 7) is 4.47. The zero-order valence-corrected chi connectivity index (χ0v) is 16.4. The van der Waals surface area contributed by atoms with Crippen LogP contribution in [0.2, 0.25) is 5.02 Å². The third-order valence-electron chi connectivity index (χ3n) is 4.42. The number of benzene rings is 1. The van der Waals surface area contributed by atoms with Gasteiger partial charge in [-0.1, -0.05) is 18.5 Å². The largest absolute Gasteiger partial charge is 0.495 e. The van der Waals surface area contributed by atoms with E-state index in [4.69, 9.17) is 16.3 Å². The maximum absolute atomic E-state index is 12.5. The molecule has 1 aromatic rings. The number of piperidine rings is 1. The molecule has 1 aromatic carbocycles. The summed E-state index contributed by atoms with van der Waals surface area (Å²) < 4.78 is 31.0. The molecular formula is C17H25ClN2O4S. The predicted molar refractivity (Wildman–Crippen MR) is 99.7 cm³/mol. The first-order valence-electron chi connectivity index (χ1n) is 8.41. The molecule has 0 aliphatic carbocycles. The number of methoxy groups -OCH3 is 1. The molecule has 6 nitrogen and oxygen atoms in total. The van der Waals surface area contributed by atoms with Gasteiger partial charge in [-0.15, -0.1) is 0 Å². The molecule has 25 heavy (non-hydrogen) atoms. The molecule has 2 rings (SSSR count). The summed E-state index contributed by atoms with van der Waals surface area (Å²) in [5, 5.41) is 3.46. The molecular weight excluding hydrogens is 364 g/mol. The second-order valence-electron chi connectivity index (χ2n) is 6.28. The standard InChI is InChI=1S/C17H25ClN2O4S/c1-4-9-25(22,23)20-7-5-13(6-8-20)17(21)19-15-10-12(2)14(18)11-16(15)24-3/h10-11,13H,4-9H2,1-3H3,(H,19,21). The number of halogens is 1. The molecule has 1 aliphatic heterocycles. The topological polar surface area (TPSA) is 75.7 Å². The maximum Gasteiger partial charge on any atom is 0.227 e. The van der Waals surface area contributed by atoms with Crippen molar-refractivity contribution in [1.82, 2.24) is 4.31 Å². The van der Waals surface area contributed by atoms with Crippen molar-refractivity contribution in [1.29, 1.82) is 0 Å². The first-order valence-corrected chi connectivity index (χ1v) is 10.4. The van der Waals surface area contributed by atoms with Crippen LogP contribution < -0.4 is 10.1 Å². The Morgan fingerprint density at radius 3 is 2.56 bits per heavy atom. The number of rotatable bonds is 6. The van der Waals surface area contributed by atoms with Gasteiger partial charge in [0.25, 0.3) is 0 Å². The van der Waals surface area contributed by atoms with Gasteiger partial charge in [0.2, 0.25) is 15.9 Å². The number of amides is 1. The van der Waals surface area contributed by atoms with E-state index < -0.39 is 10.0 Å². The molecule has 0 radical (unpaired) electrons. The number of anilines is 1. The van der Waals surface area contributed by atoms with E-state index in [2.05, 4.69) is 5.32 Å².